The van der Waals surface area contributed by atoms with Crippen molar-refractivity contribution in [2.24, 2.45) is 17.6 Å². The van der Waals surface area contributed by atoms with Crippen LogP contribution in [-0.4, -0.2) is 42.3 Å². The van der Waals surface area contributed by atoms with Crippen molar-refractivity contribution >= 4 is 0 Å². The van der Waals surface area contributed by atoms with E-state index in [1.807, 2.05) is 0 Å². The lowest BCUT2D eigenvalue weighted by atomic mass is 10.0. The second-order valence-electron chi connectivity index (χ2n) is 4.39. The van der Waals surface area contributed by atoms with Gasteiger partial charge in [-0.2, -0.15) is 0 Å². The molecule has 0 aromatic carbocycles. The number of nitrogens with zero attached hydrogens (tertiary/aromatic N) is 1. The lowest BCUT2D eigenvalue weighted by Crippen LogP contribution is -2.28. The van der Waals surface area contributed by atoms with Gasteiger partial charge in [0.2, 0.25) is 0 Å². The Morgan fingerprint density at radius 3 is 2.38 bits per heavy atom. The Balaban J connectivity index is 2.17. The quantitative estimate of drug-likeness (QED) is 0.663. The molecule has 1 saturated heterocycles. The molecule has 0 aliphatic carbocycles. The zero-order valence-electron chi connectivity index (χ0n) is 8.74. The van der Waals surface area contributed by atoms with E-state index in [1.165, 1.54) is 13.1 Å². The van der Waals surface area contributed by atoms with E-state index < -0.39 is 0 Å². The van der Waals surface area contributed by atoms with Crippen LogP contribution in [0.3, 0.4) is 0 Å². The van der Waals surface area contributed by atoms with Gasteiger partial charge in [-0.05, 0) is 18.3 Å². The van der Waals surface area contributed by atoms with E-state index in [9.17, 15) is 5.11 Å². The molecular weight excluding hydrogens is 164 g/mol. The monoisotopic (exact) mass is 186 g/mol. The van der Waals surface area contributed by atoms with Gasteiger partial charge in [-0.25, -0.2) is 0 Å². The molecule has 3 nitrogen and oxygen atoms in total. The Labute approximate surface area is 80.9 Å². The standard InChI is InChI=1S/C10H22N2O/c1-8-6-12(7-9(8)2)4-3-10(13)5-11/h8-10,13H,3-7,11H2,1-2H3. The zero-order chi connectivity index (χ0) is 9.84. The molecule has 1 aliphatic heterocycles. The molecule has 1 heterocycles. The summed E-state index contributed by atoms with van der Waals surface area (Å²) < 4.78 is 0. The highest BCUT2D eigenvalue weighted by Gasteiger charge is 2.25. The van der Waals surface area contributed by atoms with Gasteiger partial charge in [-0.1, -0.05) is 13.8 Å². The van der Waals surface area contributed by atoms with Gasteiger partial charge < -0.3 is 15.7 Å². The molecule has 13 heavy (non-hydrogen) atoms. The smallest absolute Gasteiger partial charge is 0.0674 e. The Morgan fingerprint density at radius 1 is 1.38 bits per heavy atom. The van der Waals surface area contributed by atoms with Gasteiger partial charge in [0, 0.05) is 26.2 Å². The predicted octanol–water partition coefficient (Wildman–Crippen LogP) is 0.284. The van der Waals surface area contributed by atoms with Crippen molar-refractivity contribution in [2.75, 3.05) is 26.2 Å². The summed E-state index contributed by atoms with van der Waals surface area (Å²) in [6.45, 7) is 8.33. The number of hydrogen-bond acceptors (Lipinski definition) is 3. The Bertz CT molecular complexity index is 142. The Hall–Kier alpha value is -0.120. The normalized spacial score (nSPS) is 32.3. The first-order valence-electron chi connectivity index (χ1n) is 5.24. The van der Waals surface area contributed by atoms with Gasteiger partial charge in [0.25, 0.3) is 0 Å². The summed E-state index contributed by atoms with van der Waals surface area (Å²) in [5.41, 5.74) is 5.34. The molecule has 3 N–H and O–H groups in total. The molecule has 0 aromatic rings. The van der Waals surface area contributed by atoms with Crippen molar-refractivity contribution in [3.63, 3.8) is 0 Å². The lowest BCUT2D eigenvalue weighted by Gasteiger charge is -2.16. The molecule has 0 spiro atoms. The van der Waals surface area contributed by atoms with E-state index in [-0.39, 0.29) is 6.10 Å². The Morgan fingerprint density at radius 2 is 1.92 bits per heavy atom. The second kappa shape index (κ2) is 4.94. The summed E-state index contributed by atoms with van der Waals surface area (Å²) in [5, 5.41) is 9.30. The number of rotatable bonds is 4. The summed E-state index contributed by atoms with van der Waals surface area (Å²) >= 11 is 0. The Kier molecular flexibility index (Phi) is 4.16. The van der Waals surface area contributed by atoms with Crippen molar-refractivity contribution in [1.82, 2.24) is 4.90 Å². The minimum Gasteiger partial charge on any atom is -0.392 e. The SMILES string of the molecule is CC1CN(CCC(O)CN)CC1C. The van der Waals surface area contributed by atoms with Crippen LogP contribution in [0.25, 0.3) is 0 Å². The second-order valence-corrected chi connectivity index (χ2v) is 4.39. The molecule has 3 heteroatoms. The zero-order valence-corrected chi connectivity index (χ0v) is 8.74. The van der Waals surface area contributed by atoms with Crippen LogP contribution in [-0.2, 0) is 0 Å². The molecule has 0 radical (unpaired) electrons. The van der Waals surface area contributed by atoms with Gasteiger partial charge in [0.05, 0.1) is 6.10 Å². The molecule has 0 aromatic heterocycles. The number of nitrogens with two attached hydrogens (primary N) is 1. The van der Waals surface area contributed by atoms with Crippen molar-refractivity contribution in [3.05, 3.63) is 0 Å². The average molecular weight is 186 g/mol. The lowest BCUT2D eigenvalue weighted by molar-refractivity contribution is 0.153. The first-order valence-corrected chi connectivity index (χ1v) is 5.24. The fourth-order valence-electron chi connectivity index (χ4n) is 1.88. The highest BCUT2D eigenvalue weighted by atomic mass is 16.3. The van der Waals surface area contributed by atoms with Gasteiger partial charge in [0.15, 0.2) is 0 Å². The van der Waals surface area contributed by atoms with Crippen LogP contribution >= 0.6 is 0 Å². The van der Waals surface area contributed by atoms with Gasteiger partial charge in [-0.15, -0.1) is 0 Å². The minimum atomic E-state index is -0.314. The van der Waals surface area contributed by atoms with Crippen molar-refractivity contribution < 1.29 is 5.11 Å². The largest absolute Gasteiger partial charge is 0.392 e. The molecule has 0 bridgehead atoms. The van der Waals surface area contributed by atoms with Gasteiger partial charge >= 0.3 is 0 Å². The molecule has 1 rings (SSSR count). The van der Waals surface area contributed by atoms with Gasteiger partial charge in [-0.3, -0.25) is 0 Å². The molecule has 3 atom stereocenters. The molecule has 1 aliphatic rings. The summed E-state index contributed by atoms with van der Waals surface area (Å²) in [6, 6.07) is 0. The third-order valence-corrected chi connectivity index (χ3v) is 3.11. The van der Waals surface area contributed by atoms with Crippen molar-refractivity contribution in [1.29, 1.82) is 0 Å². The summed E-state index contributed by atoms with van der Waals surface area (Å²) in [7, 11) is 0. The fraction of sp³-hybridized carbons (Fsp3) is 1.00. The van der Waals surface area contributed by atoms with E-state index in [4.69, 9.17) is 5.73 Å². The first kappa shape index (κ1) is 11.0. The summed E-state index contributed by atoms with van der Waals surface area (Å²) in [6.07, 6.45) is 0.502. The van der Waals surface area contributed by atoms with Crippen LogP contribution in [0.5, 0.6) is 0 Å². The topological polar surface area (TPSA) is 49.5 Å². The van der Waals surface area contributed by atoms with Crippen LogP contribution in [0.2, 0.25) is 0 Å². The van der Waals surface area contributed by atoms with Crippen molar-refractivity contribution in [3.8, 4) is 0 Å². The van der Waals surface area contributed by atoms with E-state index in [0.29, 0.717) is 6.54 Å². The predicted molar refractivity (Wildman–Crippen MR) is 54.4 cm³/mol. The summed E-state index contributed by atoms with van der Waals surface area (Å²) in [4.78, 5) is 2.42. The molecular formula is C10H22N2O. The maximum absolute atomic E-state index is 9.30. The van der Waals surface area contributed by atoms with Crippen LogP contribution in [0.1, 0.15) is 20.3 Å². The minimum absolute atomic E-state index is 0.314. The number of likely N-dealkylation sites (tertiary alicyclic amines) is 1. The fourth-order valence-corrected chi connectivity index (χ4v) is 1.88. The molecule has 0 saturated carbocycles. The van der Waals surface area contributed by atoms with Crippen molar-refractivity contribution in [2.45, 2.75) is 26.4 Å². The van der Waals surface area contributed by atoms with Crippen LogP contribution in [0.4, 0.5) is 0 Å². The van der Waals surface area contributed by atoms with E-state index >= 15 is 0 Å². The number of aliphatic hydroxyl groups is 1. The van der Waals surface area contributed by atoms with E-state index in [2.05, 4.69) is 18.7 Å². The maximum atomic E-state index is 9.30. The van der Waals surface area contributed by atoms with E-state index in [0.717, 1.165) is 24.8 Å². The molecule has 1 fully saturated rings. The maximum Gasteiger partial charge on any atom is 0.0674 e. The third kappa shape index (κ3) is 3.25. The van der Waals surface area contributed by atoms with Crippen LogP contribution in [0, 0.1) is 11.8 Å². The van der Waals surface area contributed by atoms with Gasteiger partial charge in [0.1, 0.15) is 0 Å². The first-order chi connectivity index (χ1) is 6.13. The van der Waals surface area contributed by atoms with Crippen LogP contribution in [0.15, 0.2) is 0 Å². The highest BCUT2D eigenvalue weighted by Crippen LogP contribution is 2.21. The average Bonchev–Trinajstić information content (AvgIpc) is 2.42. The molecule has 78 valence electrons. The van der Waals surface area contributed by atoms with Crippen LogP contribution < -0.4 is 5.73 Å². The summed E-state index contributed by atoms with van der Waals surface area (Å²) in [5.74, 6) is 1.60. The van der Waals surface area contributed by atoms with E-state index in [1.54, 1.807) is 0 Å². The third-order valence-electron chi connectivity index (χ3n) is 3.11. The molecule has 3 unspecified atom stereocenters. The number of hydrogen-bond donors (Lipinski definition) is 2. The highest BCUT2D eigenvalue weighted by molar-refractivity contribution is 4.78. The number of aliphatic hydroxyl groups excluding tert-OH is 1. The molecule has 0 amide bonds.